The number of allylic oxidation sites excluding steroid dienone is 10. The molecule has 0 aromatic heterocycles. The first kappa shape index (κ1) is 36.9. The maximum atomic E-state index is 5.24. The van der Waals surface area contributed by atoms with Crippen LogP contribution in [0.15, 0.2) is 240 Å². The number of nitrogens with one attached hydrogen (secondary N) is 1. The molecular weight excluding hydrogens is 739 g/mol. The molecule has 3 heteroatoms. The van der Waals surface area contributed by atoms with Gasteiger partial charge in [0.2, 0.25) is 0 Å². The topological polar surface area (TPSA) is 36.8 Å². The molecule has 0 saturated heterocycles. The molecule has 11 rings (SSSR count). The quantitative estimate of drug-likeness (QED) is 0.172. The lowest BCUT2D eigenvalue weighted by atomic mass is 9.54. The number of hydrogen-bond donors (Lipinski definition) is 1. The predicted molar refractivity (Wildman–Crippen MR) is 252 cm³/mol. The lowest BCUT2D eigenvalue weighted by Gasteiger charge is -2.49. The highest BCUT2D eigenvalue weighted by Crippen LogP contribution is 2.60. The van der Waals surface area contributed by atoms with Gasteiger partial charge in [-0.15, -0.1) is 0 Å². The fourth-order valence-corrected chi connectivity index (χ4v) is 11.0. The summed E-state index contributed by atoms with van der Waals surface area (Å²) < 4.78 is 0. The van der Waals surface area contributed by atoms with E-state index in [0.717, 1.165) is 28.4 Å². The van der Waals surface area contributed by atoms with Crippen LogP contribution in [0.3, 0.4) is 0 Å². The van der Waals surface area contributed by atoms with Crippen molar-refractivity contribution in [1.82, 2.24) is 5.32 Å². The maximum Gasteiger partial charge on any atom is 0.159 e. The van der Waals surface area contributed by atoms with Gasteiger partial charge in [0, 0.05) is 22.5 Å². The predicted octanol–water partition coefficient (Wildman–Crippen LogP) is 13.0. The van der Waals surface area contributed by atoms with E-state index in [1.807, 2.05) is 6.07 Å². The summed E-state index contributed by atoms with van der Waals surface area (Å²) in [5, 5.41) is 3.62. The monoisotopic (exact) mass is 785 g/mol. The molecule has 6 aromatic rings. The fourth-order valence-electron chi connectivity index (χ4n) is 11.0. The Hall–Kier alpha value is -7.10. The van der Waals surface area contributed by atoms with Crippen LogP contribution in [0.5, 0.6) is 0 Å². The second-order valence-electron chi connectivity index (χ2n) is 17.1. The largest absolute Gasteiger partial charge is 0.344 e. The van der Waals surface area contributed by atoms with Crippen molar-refractivity contribution >= 4 is 17.2 Å². The zero-order valence-electron chi connectivity index (χ0n) is 34.5. The van der Waals surface area contributed by atoms with Crippen LogP contribution in [-0.2, 0) is 5.41 Å². The summed E-state index contributed by atoms with van der Waals surface area (Å²) in [5.74, 6) is 2.18. The summed E-state index contributed by atoms with van der Waals surface area (Å²) in [6, 6.07) is 59.4. The van der Waals surface area contributed by atoms with Crippen LogP contribution >= 0.6 is 0 Å². The molecular formula is C58H47N3. The van der Waals surface area contributed by atoms with Crippen LogP contribution in [0, 0.1) is 23.2 Å². The summed E-state index contributed by atoms with van der Waals surface area (Å²) in [6.45, 7) is 4.89. The van der Waals surface area contributed by atoms with Crippen molar-refractivity contribution in [2.45, 2.75) is 25.4 Å². The van der Waals surface area contributed by atoms with Gasteiger partial charge in [0.25, 0.3) is 0 Å². The minimum Gasteiger partial charge on any atom is -0.344 e. The van der Waals surface area contributed by atoms with Gasteiger partial charge in [0.05, 0.1) is 5.41 Å². The molecule has 5 atom stereocenters. The van der Waals surface area contributed by atoms with Crippen LogP contribution < -0.4 is 5.32 Å². The number of fused-ring (bicyclic) bond motifs is 4. The summed E-state index contributed by atoms with van der Waals surface area (Å²) in [5.41, 5.74) is 14.3. The van der Waals surface area contributed by atoms with Crippen LogP contribution in [0.25, 0.3) is 16.7 Å². The minimum atomic E-state index is -0.466. The molecule has 6 aromatic carbocycles. The van der Waals surface area contributed by atoms with E-state index in [1.54, 1.807) is 0 Å². The van der Waals surface area contributed by atoms with Gasteiger partial charge in [-0.3, -0.25) is 0 Å². The fraction of sp³-hybridized carbons (Fsp3) is 0.138. The van der Waals surface area contributed by atoms with Crippen molar-refractivity contribution in [3.63, 3.8) is 0 Å². The van der Waals surface area contributed by atoms with Crippen molar-refractivity contribution in [3.05, 3.63) is 269 Å². The van der Waals surface area contributed by atoms with E-state index in [2.05, 4.69) is 232 Å². The molecule has 1 aliphatic heterocycles. The number of amidine groups is 2. The van der Waals surface area contributed by atoms with E-state index in [9.17, 15) is 0 Å². The number of hydrogen-bond acceptors (Lipinski definition) is 3. The summed E-state index contributed by atoms with van der Waals surface area (Å²) in [4.78, 5) is 10.4. The first-order chi connectivity index (χ1) is 30.0. The van der Waals surface area contributed by atoms with Gasteiger partial charge in [-0.25, -0.2) is 9.98 Å². The third-order valence-corrected chi connectivity index (χ3v) is 13.8. The van der Waals surface area contributed by atoms with Gasteiger partial charge in [-0.05, 0) is 73.6 Å². The zero-order valence-corrected chi connectivity index (χ0v) is 34.5. The first-order valence-corrected chi connectivity index (χ1v) is 21.6. The molecule has 3 nitrogen and oxygen atoms in total. The Morgan fingerprint density at radius 1 is 0.590 bits per heavy atom. The molecule has 294 valence electrons. The second-order valence-corrected chi connectivity index (χ2v) is 17.1. The average molecular weight is 786 g/mol. The first-order valence-electron chi connectivity index (χ1n) is 21.6. The van der Waals surface area contributed by atoms with E-state index >= 15 is 0 Å². The molecule has 0 saturated carbocycles. The SMILES string of the molecule is CC1C=C(C2=NC(c3ccccc3)NC(c3ccccc3)=N2)C=CC1C1(C)C(c2ccc3c(c2)C(c2ccccc2)(c2ccccc2)c2ccccc2-3)=CC=C2C=CC=CC21. The molecule has 5 unspecified atom stereocenters. The molecule has 5 aliphatic rings. The van der Waals surface area contributed by atoms with Crippen molar-refractivity contribution in [2.75, 3.05) is 0 Å². The van der Waals surface area contributed by atoms with Crippen molar-refractivity contribution < 1.29 is 0 Å². The van der Waals surface area contributed by atoms with Gasteiger partial charge in [0.15, 0.2) is 5.84 Å². The summed E-state index contributed by atoms with van der Waals surface area (Å²) in [6.07, 6.45) is 20.9. The standard InChI is InChI=1S/C58H47N3/c1-39-37-44(56-60-54(41-20-7-3-8-21-41)59-55(61-56)42-22-9-4-10-23-42)33-35-49(39)57(2)50-29-17-15-19-40(50)32-36-51(57)43-31-34-48-47-28-16-18-30-52(47)58(53(48)38-43,45-24-11-5-12-25-45)46-26-13-6-14-27-46/h3-39,49-50,54H,1-2H3,(H,59,60,61). The lowest BCUT2D eigenvalue weighted by molar-refractivity contribution is 0.221. The van der Waals surface area contributed by atoms with Gasteiger partial charge in [0.1, 0.15) is 12.0 Å². The number of aliphatic imine (C=N–C) groups is 2. The molecule has 1 N–H and O–H groups in total. The highest BCUT2D eigenvalue weighted by molar-refractivity contribution is 6.14. The molecule has 0 spiro atoms. The number of benzene rings is 6. The van der Waals surface area contributed by atoms with Crippen LogP contribution in [0.2, 0.25) is 0 Å². The average Bonchev–Trinajstić information content (AvgIpc) is 3.63. The van der Waals surface area contributed by atoms with Crippen molar-refractivity contribution in [2.24, 2.45) is 33.2 Å². The van der Waals surface area contributed by atoms with E-state index in [1.165, 1.54) is 50.1 Å². The third-order valence-electron chi connectivity index (χ3n) is 13.8. The Bertz CT molecular complexity index is 2870. The molecule has 0 fully saturated rings. The Balaban J connectivity index is 1.03. The smallest absolute Gasteiger partial charge is 0.159 e. The lowest BCUT2D eigenvalue weighted by Crippen LogP contribution is -2.41. The van der Waals surface area contributed by atoms with E-state index in [4.69, 9.17) is 9.98 Å². The van der Waals surface area contributed by atoms with Gasteiger partial charge in [-0.1, -0.05) is 226 Å². The minimum absolute atomic E-state index is 0.190. The summed E-state index contributed by atoms with van der Waals surface area (Å²) in [7, 11) is 0. The van der Waals surface area contributed by atoms with E-state index < -0.39 is 5.41 Å². The van der Waals surface area contributed by atoms with Gasteiger partial charge < -0.3 is 5.32 Å². The normalized spacial score (nSPS) is 24.2. The summed E-state index contributed by atoms with van der Waals surface area (Å²) >= 11 is 0. The van der Waals surface area contributed by atoms with Gasteiger partial charge in [-0.2, -0.15) is 0 Å². The molecule has 4 aliphatic carbocycles. The molecule has 0 bridgehead atoms. The molecule has 61 heavy (non-hydrogen) atoms. The highest BCUT2D eigenvalue weighted by atomic mass is 15.2. The van der Waals surface area contributed by atoms with Crippen LogP contribution in [0.4, 0.5) is 0 Å². The van der Waals surface area contributed by atoms with Crippen molar-refractivity contribution in [1.29, 1.82) is 0 Å². The van der Waals surface area contributed by atoms with Gasteiger partial charge >= 0.3 is 0 Å². The second kappa shape index (κ2) is 14.9. The van der Waals surface area contributed by atoms with Crippen molar-refractivity contribution in [3.8, 4) is 11.1 Å². The van der Waals surface area contributed by atoms with Crippen LogP contribution in [-0.4, -0.2) is 11.7 Å². The number of nitrogens with zero attached hydrogens (tertiary/aromatic N) is 2. The maximum absolute atomic E-state index is 5.24. The third kappa shape index (κ3) is 5.94. The highest BCUT2D eigenvalue weighted by Gasteiger charge is 2.50. The zero-order chi connectivity index (χ0) is 41.0. The Morgan fingerprint density at radius 3 is 1.97 bits per heavy atom. The Kier molecular flexibility index (Phi) is 9.00. The Morgan fingerprint density at radius 2 is 1.25 bits per heavy atom. The molecule has 0 amide bonds. The van der Waals surface area contributed by atoms with Crippen LogP contribution in [0.1, 0.15) is 59.0 Å². The van der Waals surface area contributed by atoms with E-state index in [-0.39, 0.29) is 29.3 Å². The molecule has 0 radical (unpaired) electrons. The number of rotatable bonds is 7. The van der Waals surface area contributed by atoms with E-state index in [0.29, 0.717) is 0 Å². The Labute approximate surface area is 359 Å². The molecule has 1 heterocycles.